The predicted molar refractivity (Wildman–Crippen MR) is 80.3 cm³/mol. The van der Waals surface area contributed by atoms with Crippen LogP contribution >= 0.6 is 28.3 Å². The first-order valence-corrected chi connectivity index (χ1v) is 6.59. The summed E-state index contributed by atoms with van der Waals surface area (Å²) >= 11 is 3.51. The van der Waals surface area contributed by atoms with Crippen LogP contribution in [0.2, 0.25) is 0 Å². The lowest BCUT2D eigenvalue weighted by Gasteiger charge is -2.36. The zero-order chi connectivity index (χ0) is 12.6. The molecular weight excluding hydrogens is 316 g/mol. The molecule has 3 N–H and O–H groups in total. The molecule has 0 spiro atoms. The Kier molecular flexibility index (Phi) is 4.81. The number of benzene rings is 1. The molecule has 18 heavy (non-hydrogen) atoms. The average Bonchev–Trinajstić information content (AvgIpc) is 2.22. The molecule has 0 aliphatic heterocycles. The van der Waals surface area contributed by atoms with Gasteiger partial charge in [0.2, 0.25) is 5.91 Å². The van der Waals surface area contributed by atoms with E-state index in [-0.39, 0.29) is 18.3 Å². The molecule has 0 radical (unpaired) electrons. The van der Waals surface area contributed by atoms with Gasteiger partial charge >= 0.3 is 0 Å². The molecule has 1 amide bonds. The van der Waals surface area contributed by atoms with Gasteiger partial charge in [0.05, 0.1) is 5.54 Å². The first kappa shape index (κ1) is 15.5. The molecule has 1 aliphatic rings. The van der Waals surface area contributed by atoms with Crippen LogP contribution < -0.4 is 11.1 Å². The van der Waals surface area contributed by atoms with Crippen LogP contribution in [0.15, 0.2) is 16.6 Å². The van der Waals surface area contributed by atoms with Crippen LogP contribution in [0.4, 0.5) is 5.69 Å². The minimum Gasteiger partial charge on any atom is -0.324 e. The van der Waals surface area contributed by atoms with Gasteiger partial charge in [-0.05, 0) is 56.4 Å². The lowest BCUT2D eigenvalue weighted by Crippen LogP contribution is -2.56. The van der Waals surface area contributed by atoms with Crippen molar-refractivity contribution >= 4 is 39.9 Å². The molecule has 100 valence electrons. The Balaban J connectivity index is 0.00000162. The molecular formula is C13H18BrClN2O. The maximum Gasteiger partial charge on any atom is 0.244 e. The average molecular weight is 334 g/mol. The van der Waals surface area contributed by atoms with Crippen LogP contribution in [0, 0.1) is 13.8 Å². The van der Waals surface area contributed by atoms with Crippen molar-refractivity contribution in [2.75, 3.05) is 5.32 Å². The Bertz CT molecular complexity index is 449. The highest BCUT2D eigenvalue weighted by molar-refractivity contribution is 9.10. The van der Waals surface area contributed by atoms with Crippen molar-refractivity contribution in [1.29, 1.82) is 0 Å². The van der Waals surface area contributed by atoms with Gasteiger partial charge in [0.15, 0.2) is 0 Å². The maximum absolute atomic E-state index is 12.0. The van der Waals surface area contributed by atoms with Crippen LogP contribution in [-0.4, -0.2) is 11.4 Å². The van der Waals surface area contributed by atoms with Crippen molar-refractivity contribution < 1.29 is 4.79 Å². The number of nitrogens with one attached hydrogen (secondary N) is 1. The van der Waals surface area contributed by atoms with Crippen molar-refractivity contribution in [2.24, 2.45) is 5.73 Å². The summed E-state index contributed by atoms with van der Waals surface area (Å²) in [4.78, 5) is 12.0. The topological polar surface area (TPSA) is 55.1 Å². The van der Waals surface area contributed by atoms with Crippen LogP contribution in [0.1, 0.15) is 30.4 Å². The van der Waals surface area contributed by atoms with E-state index in [0.29, 0.717) is 0 Å². The monoisotopic (exact) mass is 332 g/mol. The van der Waals surface area contributed by atoms with Gasteiger partial charge in [0.25, 0.3) is 0 Å². The zero-order valence-electron chi connectivity index (χ0n) is 10.5. The molecule has 1 aromatic carbocycles. The zero-order valence-corrected chi connectivity index (χ0v) is 13.0. The molecule has 5 heteroatoms. The van der Waals surface area contributed by atoms with Crippen molar-refractivity contribution in [3.05, 3.63) is 27.7 Å². The fourth-order valence-electron chi connectivity index (χ4n) is 2.06. The Morgan fingerprint density at radius 1 is 1.33 bits per heavy atom. The van der Waals surface area contributed by atoms with Gasteiger partial charge in [-0.3, -0.25) is 4.79 Å². The van der Waals surface area contributed by atoms with Gasteiger partial charge in [-0.2, -0.15) is 0 Å². The van der Waals surface area contributed by atoms with Crippen LogP contribution in [0.3, 0.4) is 0 Å². The fourth-order valence-corrected chi connectivity index (χ4v) is 2.29. The number of hydrogen-bond donors (Lipinski definition) is 2. The number of carbonyl (C=O) groups excluding carboxylic acids is 1. The number of halogens is 2. The van der Waals surface area contributed by atoms with Crippen molar-refractivity contribution in [3.63, 3.8) is 0 Å². The second-order valence-electron chi connectivity index (χ2n) is 4.89. The summed E-state index contributed by atoms with van der Waals surface area (Å²) in [5.41, 5.74) is 8.38. The standard InChI is InChI=1S/C13H17BrN2O.ClH/c1-8-6-10(7-9(2)11(8)14)16-12(17)13(15)4-3-5-13;/h6-7H,3-5,15H2,1-2H3,(H,16,17);1H. The van der Waals surface area contributed by atoms with Gasteiger partial charge in [-0.1, -0.05) is 15.9 Å². The molecule has 0 saturated heterocycles. The molecule has 1 aromatic rings. The SMILES string of the molecule is Cc1cc(NC(=O)C2(N)CCC2)cc(C)c1Br.Cl. The second-order valence-corrected chi connectivity index (χ2v) is 5.68. The third-order valence-corrected chi connectivity index (χ3v) is 4.64. The minimum atomic E-state index is -0.644. The lowest BCUT2D eigenvalue weighted by molar-refractivity contribution is -0.123. The maximum atomic E-state index is 12.0. The van der Waals surface area contributed by atoms with E-state index in [1.807, 2.05) is 26.0 Å². The Labute approximate surface area is 122 Å². The fraction of sp³-hybridized carbons (Fsp3) is 0.462. The van der Waals surface area contributed by atoms with Gasteiger partial charge in [0, 0.05) is 10.2 Å². The van der Waals surface area contributed by atoms with E-state index in [0.717, 1.165) is 40.5 Å². The lowest BCUT2D eigenvalue weighted by atomic mass is 9.77. The first-order valence-electron chi connectivity index (χ1n) is 5.79. The first-order chi connectivity index (χ1) is 7.92. The summed E-state index contributed by atoms with van der Waals surface area (Å²) in [5, 5.41) is 2.91. The highest BCUT2D eigenvalue weighted by Gasteiger charge is 2.40. The second kappa shape index (κ2) is 5.59. The summed E-state index contributed by atoms with van der Waals surface area (Å²) in [6, 6.07) is 3.91. The number of anilines is 1. The molecule has 1 saturated carbocycles. The minimum absolute atomic E-state index is 0. The van der Waals surface area contributed by atoms with Crippen LogP contribution in [0.5, 0.6) is 0 Å². The van der Waals surface area contributed by atoms with E-state index in [9.17, 15) is 4.79 Å². The van der Waals surface area contributed by atoms with Gasteiger partial charge in [-0.25, -0.2) is 0 Å². The Morgan fingerprint density at radius 3 is 2.22 bits per heavy atom. The molecule has 1 aliphatic carbocycles. The largest absolute Gasteiger partial charge is 0.324 e. The highest BCUT2D eigenvalue weighted by Crippen LogP contribution is 2.31. The third-order valence-electron chi connectivity index (χ3n) is 3.39. The Morgan fingerprint density at radius 2 is 1.83 bits per heavy atom. The summed E-state index contributed by atoms with van der Waals surface area (Å²) in [5.74, 6) is -0.0649. The number of rotatable bonds is 2. The number of carbonyl (C=O) groups is 1. The van der Waals surface area contributed by atoms with E-state index in [1.165, 1.54) is 0 Å². The third kappa shape index (κ3) is 2.87. The number of nitrogens with two attached hydrogens (primary N) is 1. The molecule has 0 atom stereocenters. The van der Waals surface area contributed by atoms with E-state index in [2.05, 4.69) is 21.2 Å². The van der Waals surface area contributed by atoms with E-state index >= 15 is 0 Å². The van der Waals surface area contributed by atoms with Gasteiger partial charge in [-0.15, -0.1) is 12.4 Å². The number of amides is 1. The smallest absolute Gasteiger partial charge is 0.244 e. The van der Waals surface area contributed by atoms with Crippen LogP contribution in [0.25, 0.3) is 0 Å². The number of hydrogen-bond acceptors (Lipinski definition) is 2. The molecule has 0 heterocycles. The molecule has 1 fully saturated rings. The number of aryl methyl sites for hydroxylation is 2. The summed E-state index contributed by atoms with van der Waals surface area (Å²) < 4.78 is 1.08. The normalized spacial score (nSPS) is 16.4. The quantitative estimate of drug-likeness (QED) is 0.872. The predicted octanol–water partition coefficient (Wildman–Crippen LogP) is 3.31. The molecule has 2 rings (SSSR count). The molecule has 0 bridgehead atoms. The van der Waals surface area contributed by atoms with Crippen molar-refractivity contribution in [2.45, 2.75) is 38.6 Å². The summed E-state index contributed by atoms with van der Waals surface area (Å²) in [7, 11) is 0. The van der Waals surface area contributed by atoms with E-state index in [4.69, 9.17) is 5.73 Å². The van der Waals surface area contributed by atoms with Gasteiger partial charge < -0.3 is 11.1 Å². The summed E-state index contributed by atoms with van der Waals surface area (Å²) in [6.07, 6.45) is 2.61. The molecule has 3 nitrogen and oxygen atoms in total. The van der Waals surface area contributed by atoms with Crippen LogP contribution in [-0.2, 0) is 4.79 Å². The Hall–Kier alpha value is -0.580. The molecule has 0 aromatic heterocycles. The van der Waals surface area contributed by atoms with E-state index in [1.54, 1.807) is 0 Å². The van der Waals surface area contributed by atoms with Gasteiger partial charge in [0.1, 0.15) is 0 Å². The van der Waals surface area contributed by atoms with Crippen molar-refractivity contribution in [1.82, 2.24) is 0 Å². The summed E-state index contributed by atoms with van der Waals surface area (Å²) in [6.45, 7) is 4.02. The molecule has 0 unspecified atom stereocenters. The highest BCUT2D eigenvalue weighted by atomic mass is 79.9. The van der Waals surface area contributed by atoms with E-state index < -0.39 is 5.54 Å². The van der Waals surface area contributed by atoms with Crippen molar-refractivity contribution in [3.8, 4) is 0 Å².